The third-order valence-corrected chi connectivity index (χ3v) is 12.1. The van der Waals surface area contributed by atoms with Gasteiger partial charge in [0.2, 0.25) is 0 Å². The molecule has 4 aromatic rings. The third-order valence-electron chi connectivity index (χ3n) is 11.1. The van der Waals surface area contributed by atoms with Gasteiger partial charge in [-0.3, -0.25) is 4.90 Å². The Morgan fingerprint density at radius 3 is 2.70 bits per heavy atom. The molecular formula is C34H36F2N8OS. The number of pyridine rings is 1. The molecule has 46 heavy (non-hydrogen) atoms. The van der Waals surface area contributed by atoms with E-state index in [2.05, 4.69) is 21.2 Å². The van der Waals surface area contributed by atoms with Crippen LogP contribution in [-0.4, -0.2) is 76.4 Å². The van der Waals surface area contributed by atoms with E-state index in [0.29, 0.717) is 64.0 Å². The predicted octanol–water partition coefficient (Wildman–Crippen LogP) is 5.58. The fraction of sp³-hybridized carbons (Fsp3) is 0.529. The lowest BCUT2D eigenvalue weighted by atomic mass is 9.92. The normalized spacial score (nSPS) is 27.5. The number of benzene rings is 1. The number of hydrogen-bond donors (Lipinski definition) is 2. The first-order valence-electron chi connectivity index (χ1n) is 16.5. The summed E-state index contributed by atoms with van der Waals surface area (Å²) in [5, 5.41) is 15.5. The standard InChI is InChI=1S/C34H36F2N8OS/c1-17-25(27-22(36)7-8-24-28(27)26(18-3-4-18)31(38)46-24)23(12-37)40-30-29(17)41-33(42-32(30)44-20-5-6-21(44)14-39-13-20)45-16-34-9-2-10-43(34)15-19(35)11-34/h7-8,18-21,39H,2-6,9-11,13-16,38H2,1H3/t19-,20?,21?,34+/m1/s1. The van der Waals surface area contributed by atoms with Gasteiger partial charge in [0.05, 0.1) is 10.5 Å². The van der Waals surface area contributed by atoms with Crippen LogP contribution < -0.4 is 20.7 Å². The molecule has 12 heteroatoms. The average Bonchev–Trinajstić information content (AvgIpc) is 3.52. The number of anilines is 2. The highest BCUT2D eigenvalue weighted by Gasteiger charge is 2.49. The molecule has 9 nitrogen and oxygen atoms in total. The van der Waals surface area contributed by atoms with Crippen LogP contribution in [0.15, 0.2) is 12.1 Å². The van der Waals surface area contributed by atoms with Crippen molar-refractivity contribution in [3.05, 3.63) is 34.8 Å². The van der Waals surface area contributed by atoms with Crippen LogP contribution in [-0.2, 0) is 0 Å². The van der Waals surface area contributed by atoms with Crippen molar-refractivity contribution in [3.63, 3.8) is 0 Å². The first-order chi connectivity index (χ1) is 22.3. The summed E-state index contributed by atoms with van der Waals surface area (Å²) < 4.78 is 38.0. The first-order valence-corrected chi connectivity index (χ1v) is 17.3. The van der Waals surface area contributed by atoms with E-state index in [-0.39, 0.29) is 29.3 Å². The zero-order valence-corrected chi connectivity index (χ0v) is 26.6. The number of aryl methyl sites for hydroxylation is 1. The Morgan fingerprint density at radius 1 is 1.13 bits per heavy atom. The summed E-state index contributed by atoms with van der Waals surface area (Å²) in [6.45, 7) is 5.15. The number of nitrogen functional groups attached to an aromatic ring is 1. The van der Waals surface area contributed by atoms with Gasteiger partial charge in [0, 0.05) is 59.4 Å². The Hall–Kier alpha value is -3.66. The summed E-state index contributed by atoms with van der Waals surface area (Å²) in [7, 11) is 0. The molecule has 238 valence electrons. The molecule has 5 aliphatic rings. The van der Waals surface area contributed by atoms with Crippen molar-refractivity contribution in [3.8, 4) is 23.2 Å². The van der Waals surface area contributed by atoms with E-state index in [0.717, 1.165) is 73.8 Å². The van der Waals surface area contributed by atoms with Crippen LogP contribution in [0.4, 0.5) is 19.6 Å². The van der Waals surface area contributed by atoms with Crippen molar-refractivity contribution in [2.45, 2.75) is 81.6 Å². The Kier molecular flexibility index (Phi) is 6.47. The van der Waals surface area contributed by atoms with Crippen LogP contribution in [0.2, 0.25) is 0 Å². The van der Waals surface area contributed by atoms with Crippen molar-refractivity contribution < 1.29 is 13.5 Å². The van der Waals surface area contributed by atoms with Gasteiger partial charge >= 0.3 is 6.01 Å². The van der Waals surface area contributed by atoms with Crippen LogP contribution in [0.25, 0.3) is 32.2 Å². The number of nitriles is 1. The maximum atomic E-state index is 16.1. The molecule has 3 N–H and O–H groups in total. The molecule has 9 rings (SSSR count). The molecule has 0 spiro atoms. The molecule has 2 bridgehead atoms. The first kappa shape index (κ1) is 28.6. The lowest BCUT2D eigenvalue weighted by molar-refractivity contribution is 0.107. The van der Waals surface area contributed by atoms with Gasteiger partial charge < -0.3 is 20.7 Å². The highest BCUT2D eigenvalue weighted by atomic mass is 32.1. The van der Waals surface area contributed by atoms with Crippen LogP contribution in [0, 0.1) is 24.1 Å². The summed E-state index contributed by atoms with van der Waals surface area (Å²) in [6.07, 6.45) is 5.54. The van der Waals surface area contributed by atoms with Crippen molar-refractivity contribution >= 4 is 43.3 Å². The Balaban J connectivity index is 1.25. The number of hydrogen-bond acceptors (Lipinski definition) is 10. The minimum atomic E-state index is -0.865. The van der Waals surface area contributed by atoms with E-state index in [1.807, 2.05) is 6.92 Å². The van der Waals surface area contributed by atoms with Gasteiger partial charge in [-0.05, 0) is 81.2 Å². The Bertz CT molecular complexity index is 1940. The van der Waals surface area contributed by atoms with E-state index < -0.39 is 12.0 Å². The molecule has 7 heterocycles. The Morgan fingerprint density at radius 2 is 1.93 bits per heavy atom. The minimum Gasteiger partial charge on any atom is -0.461 e. The zero-order valence-electron chi connectivity index (χ0n) is 25.8. The van der Waals surface area contributed by atoms with Gasteiger partial charge in [-0.1, -0.05) is 0 Å². The number of thiophene rings is 1. The lowest BCUT2D eigenvalue weighted by Gasteiger charge is -2.37. The molecule has 3 aromatic heterocycles. The number of fused-ring (bicyclic) bond motifs is 5. The molecule has 2 unspecified atom stereocenters. The van der Waals surface area contributed by atoms with Gasteiger partial charge in [-0.25, -0.2) is 13.8 Å². The minimum absolute atomic E-state index is 0.143. The Labute approximate surface area is 269 Å². The smallest absolute Gasteiger partial charge is 0.319 e. The number of ether oxygens (including phenoxy) is 1. The van der Waals surface area contributed by atoms with E-state index >= 15 is 4.39 Å². The summed E-state index contributed by atoms with van der Waals surface area (Å²) >= 11 is 1.46. The number of aromatic nitrogens is 3. The summed E-state index contributed by atoms with van der Waals surface area (Å²) in [5.41, 5.74) is 9.79. The molecule has 1 aromatic carbocycles. The zero-order chi connectivity index (χ0) is 31.3. The topological polar surface area (TPSA) is 116 Å². The van der Waals surface area contributed by atoms with Gasteiger partial charge in [0.15, 0.2) is 5.82 Å². The number of nitrogens with two attached hydrogens (primary N) is 1. The number of alkyl halides is 1. The fourth-order valence-corrected chi connectivity index (χ4v) is 9.95. The van der Waals surface area contributed by atoms with Crippen LogP contribution in [0.1, 0.15) is 67.7 Å². The summed E-state index contributed by atoms with van der Waals surface area (Å²) in [6, 6.07) is 6.20. The van der Waals surface area contributed by atoms with Crippen molar-refractivity contribution in [2.24, 2.45) is 0 Å². The van der Waals surface area contributed by atoms with Gasteiger partial charge in [0.1, 0.15) is 41.4 Å². The monoisotopic (exact) mass is 642 g/mol. The number of piperazine rings is 1. The number of nitrogens with one attached hydrogen (secondary N) is 1. The van der Waals surface area contributed by atoms with E-state index in [1.165, 1.54) is 17.4 Å². The van der Waals surface area contributed by atoms with Crippen molar-refractivity contribution in [1.82, 2.24) is 25.2 Å². The lowest BCUT2D eigenvalue weighted by Crippen LogP contribution is -2.52. The summed E-state index contributed by atoms with van der Waals surface area (Å²) in [4.78, 5) is 19.4. The molecule has 0 radical (unpaired) electrons. The number of halogens is 2. The largest absolute Gasteiger partial charge is 0.461 e. The average molecular weight is 643 g/mol. The van der Waals surface area contributed by atoms with Gasteiger partial charge in [-0.2, -0.15) is 15.2 Å². The molecule has 1 aliphatic carbocycles. The molecule has 4 aliphatic heterocycles. The molecule has 5 fully saturated rings. The van der Waals surface area contributed by atoms with E-state index in [4.69, 9.17) is 25.4 Å². The second kappa shape index (κ2) is 10.4. The molecule has 1 saturated carbocycles. The fourth-order valence-electron chi connectivity index (χ4n) is 8.88. The molecule has 4 atom stereocenters. The van der Waals surface area contributed by atoms with Crippen molar-refractivity contribution in [2.75, 3.05) is 43.4 Å². The quantitative estimate of drug-likeness (QED) is 0.278. The molecular weight excluding hydrogens is 606 g/mol. The second-order valence-corrected chi connectivity index (χ2v) is 14.9. The third kappa shape index (κ3) is 4.24. The van der Waals surface area contributed by atoms with E-state index in [1.54, 1.807) is 6.07 Å². The molecule has 0 amide bonds. The van der Waals surface area contributed by atoms with Crippen LogP contribution in [0.5, 0.6) is 6.01 Å². The number of nitrogens with zero attached hydrogens (tertiary/aromatic N) is 6. The van der Waals surface area contributed by atoms with Crippen LogP contribution >= 0.6 is 11.3 Å². The highest BCUT2D eigenvalue weighted by Crippen LogP contribution is 2.53. The van der Waals surface area contributed by atoms with E-state index in [9.17, 15) is 9.65 Å². The maximum absolute atomic E-state index is 16.1. The number of rotatable bonds is 6. The second-order valence-electron chi connectivity index (χ2n) is 13.9. The molecule has 4 saturated heterocycles. The van der Waals surface area contributed by atoms with Gasteiger partial charge in [-0.15, -0.1) is 11.3 Å². The SMILES string of the molecule is Cc1c(-c2c(F)ccc3sc(N)c(C4CC4)c23)c(C#N)nc2c(N3C4CCC3CNC4)nc(OC[C@@]34CCCN3C[C@H](F)C4)nc12. The highest BCUT2D eigenvalue weighted by molar-refractivity contribution is 7.23. The maximum Gasteiger partial charge on any atom is 0.319 e. The summed E-state index contributed by atoms with van der Waals surface area (Å²) in [5.74, 6) is 0.522. The van der Waals surface area contributed by atoms with Gasteiger partial charge in [0.25, 0.3) is 0 Å². The predicted molar refractivity (Wildman–Crippen MR) is 175 cm³/mol. The van der Waals surface area contributed by atoms with Crippen molar-refractivity contribution in [1.29, 1.82) is 5.26 Å². The van der Waals surface area contributed by atoms with Crippen LogP contribution in [0.3, 0.4) is 0 Å².